The van der Waals surface area contributed by atoms with Gasteiger partial charge in [-0.1, -0.05) is 0 Å². The molecule has 1 aromatic heterocycles. The van der Waals surface area contributed by atoms with Gasteiger partial charge in [-0.2, -0.15) is 0 Å². The highest BCUT2D eigenvalue weighted by Gasteiger charge is 2.08. The Morgan fingerprint density at radius 3 is 3.00 bits per heavy atom. The van der Waals surface area contributed by atoms with Gasteiger partial charge in [0, 0.05) is 7.11 Å². The van der Waals surface area contributed by atoms with Crippen LogP contribution in [0.3, 0.4) is 0 Å². The van der Waals surface area contributed by atoms with Gasteiger partial charge in [0.2, 0.25) is 0 Å². The minimum atomic E-state index is -0.426. The lowest BCUT2D eigenvalue weighted by Crippen LogP contribution is -2.01. The van der Waals surface area contributed by atoms with Gasteiger partial charge in [-0.25, -0.2) is 9.78 Å². The van der Waals surface area contributed by atoms with E-state index >= 15 is 0 Å². The van der Waals surface area contributed by atoms with Crippen LogP contribution >= 0.6 is 0 Å². The number of carbonyl (C=O) groups is 1. The summed E-state index contributed by atoms with van der Waals surface area (Å²) in [5.41, 5.74) is 0.338. The van der Waals surface area contributed by atoms with E-state index in [0.717, 1.165) is 0 Å². The van der Waals surface area contributed by atoms with Crippen LogP contribution in [-0.2, 0) is 16.1 Å². The Morgan fingerprint density at radius 1 is 1.67 bits per heavy atom. The van der Waals surface area contributed by atoms with Crippen LogP contribution in [0.15, 0.2) is 6.20 Å². The normalized spacial score (nSPS) is 9.83. The van der Waals surface area contributed by atoms with Crippen LogP contribution in [0.2, 0.25) is 0 Å². The maximum absolute atomic E-state index is 10.9. The summed E-state index contributed by atoms with van der Waals surface area (Å²) in [5, 5.41) is 0. The number of methoxy groups -OCH3 is 2. The summed E-state index contributed by atoms with van der Waals surface area (Å²) in [6, 6.07) is 0. The molecule has 0 spiro atoms. The predicted octanol–water partition coefficient (Wildman–Crippen LogP) is 0.343. The molecule has 0 aliphatic heterocycles. The van der Waals surface area contributed by atoms with Crippen molar-refractivity contribution in [3.8, 4) is 0 Å². The van der Waals surface area contributed by atoms with Crippen molar-refractivity contribution < 1.29 is 14.3 Å². The van der Waals surface area contributed by atoms with Crippen LogP contribution in [0.25, 0.3) is 0 Å². The molecule has 5 heteroatoms. The van der Waals surface area contributed by atoms with E-state index in [2.05, 4.69) is 14.7 Å². The molecule has 0 aliphatic rings. The molecule has 1 N–H and O–H groups in total. The summed E-state index contributed by atoms with van der Waals surface area (Å²) in [7, 11) is 2.87. The molecule has 12 heavy (non-hydrogen) atoms. The first kappa shape index (κ1) is 8.73. The number of aromatic amines is 1. The third kappa shape index (κ3) is 1.82. The van der Waals surface area contributed by atoms with Gasteiger partial charge in [-0.15, -0.1) is 0 Å². The fourth-order valence-electron chi connectivity index (χ4n) is 0.786. The molecule has 0 atom stereocenters. The predicted molar refractivity (Wildman–Crippen MR) is 40.6 cm³/mol. The second-order valence-corrected chi connectivity index (χ2v) is 2.17. The van der Waals surface area contributed by atoms with Crippen molar-refractivity contribution in [1.29, 1.82) is 0 Å². The van der Waals surface area contributed by atoms with E-state index in [4.69, 9.17) is 4.74 Å². The lowest BCUT2D eigenvalue weighted by atomic mass is 10.5. The van der Waals surface area contributed by atoms with E-state index in [1.54, 1.807) is 7.11 Å². The summed E-state index contributed by atoms with van der Waals surface area (Å²) in [6.07, 6.45) is 1.42. The van der Waals surface area contributed by atoms with Crippen molar-refractivity contribution in [2.75, 3.05) is 14.2 Å². The maximum atomic E-state index is 10.9. The molecule has 0 aliphatic carbocycles. The Balaban J connectivity index is 2.70. The number of hydrogen-bond donors (Lipinski definition) is 1. The molecule has 1 rings (SSSR count). The molecule has 0 saturated heterocycles. The van der Waals surface area contributed by atoms with Gasteiger partial charge in [-0.3, -0.25) is 0 Å². The quantitative estimate of drug-likeness (QED) is 0.664. The molecule has 0 amide bonds. The summed E-state index contributed by atoms with van der Waals surface area (Å²) in [5.74, 6) is 0.183. The number of rotatable bonds is 3. The highest BCUT2D eigenvalue weighted by molar-refractivity contribution is 5.86. The highest BCUT2D eigenvalue weighted by atomic mass is 16.5. The Kier molecular flexibility index (Phi) is 2.82. The zero-order valence-corrected chi connectivity index (χ0v) is 6.96. The minimum Gasteiger partial charge on any atom is -0.464 e. The van der Waals surface area contributed by atoms with Crippen molar-refractivity contribution in [3.05, 3.63) is 17.7 Å². The fraction of sp³-hybridized carbons (Fsp3) is 0.429. The molecule has 0 fully saturated rings. The molecule has 0 aromatic carbocycles. The van der Waals surface area contributed by atoms with Crippen LogP contribution < -0.4 is 0 Å². The van der Waals surface area contributed by atoms with Crippen LogP contribution in [0.4, 0.5) is 0 Å². The summed E-state index contributed by atoms with van der Waals surface area (Å²) in [4.78, 5) is 17.5. The topological polar surface area (TPSA) is 64.2 Å². The van der Waals surface area contributed by atoms with Gasteiger partial charge in [0.1, 0.15) is 18.1 Å². The molecule has 1 heterocycles. The number of H-pyrrole nitrogens is 1. The van der Waals surface area contributed by atoms with Crippen LogP contribution in [0.5, 0.6) is 0 Å². The van der Waals surface area contributed by atoms with Crippen molar-refractivity contribution in [3.63, 3.8) is 0 Å². The third-order valence-corrected chi connectivity index (χ3v) is 1.31. The molecule has 5 nitrogen and oxygen atoms in total. The largest absolute Gasteiger partial charge is 0.464 e. The van der Waals surface area contributed by atoms with E-state index in [1.165, 1.54) is 13.3 Å². The Bertz CT molecular complexity index is 269. The smallest absolute Gasteiger partial charge is 0.356 e. The number of nitrogens with zero attached hydrogens (tertiary/aromatic N) is 1. The van der Waals surface area contributed by atoms with Gasteiger partial charge in [0.15, 0.2) is 0 Å². The average molecular weight is 170 g/mol. The zero-order chi connectivity index (χ0) is 8.97. The van der Waals surface area contributed by atoms with Gasteiger partial charge in [0.25, 0.3) is 0 Å². The van der Waals surface area contributed by atoms with E-state index in [9.17, 15) is 4.79 Å². The first-order chi connectivity index (χ1) is 5.77. The lowest BCUT2D eigenvalue weighted by molar-refractivity contribution is 0.0594. The molecule has 0 saturated carbocycles. The molecule has 0 unspecified atom stereocenters. The maximum Gasteiger partial charge on any atom is 0.356 e. The SMILES string of the molecule is COCc1ncc(C(=O)OC)[nH]1. The van der Waals surface area contributed by atoms with Crippen LogP contribution in [-0.4, -0.2) is 30.2 Å². The molecular formula is C7H10N2O3. The van der Waals surface area contributed by atoms with Crippen molar-refractivity contribution >= 4 is 5.97 Å². The Labute approximate surface area is 69.7 Å². The van der Waals surface area contributed by atoms with E-state index in [0.29, 0.717) is 18.1 Å². The first-order valence-corrected chi connectivity index (χ1v) is 3.39. The summed E-state index contributed by atoms with van der Waals surface area (Å²) < 4.78 is 9.29. The number of hydrogen-bond acceptors (Lipinski definition) is 4. The number of carbonyl (C=O) groups excluding carboxylic acids is 1. The number of ether oxygens (including phenoxy) is 2. The lowest BCUT2D eigenvalue weighted by Gasteiger charge is -1.93. The fourth-order valence-corrected chi connectivity index (χ4v) is 0.786. The van der Waals surface area contributed by atoms with Gasteiger partial charge >= 0.3 is 5.97 Å². The van der Waals surface area contributed by atoms with Crippen LogP contribution in [0.1, 0.15) is 16.3 Å². The second kappa shape index (κ2) is 3.87. The Morgan fingerprint density at radius 2 is 2.42 bits per heavy atom. The number of aromatic nitrogens is 2. The van der Waals surface area contributed by atoms with E-state index in [1.807, 2.05) is 0 Å². The van der Waals surface area contributed by atoms with Gasteiger partial charge < -0.3 is 14.5 Å². The monoisotopic (exact) mass is 170 g/mol. The van der Waals surface area contributed by atoms with Crippen molar-refractivity contribution in [1.82, 2.24) is 9.97 Å². The molecule has 66 valence electrons. The highest BCUT2D eigenvalue weighted by Crippen LogP contribution is 1.99. The van der Waals surface area contributed by atoms with Crippen molar-refractivity contribution in [2.45, 2.75) is 6.61 Å². The summed E-state index contributed by atoms with van der Waals surface area (Å²) >= 11 is 0. The average Bonchev–Trinajstić information content (AvgIpc) is 2.52. The third-order valence-electron chi connectivity index (χ3n) is 1.31. The molecular weight excluding hydrogens is 160 g/mol. The zero-order valence-electron chi connectivity index (χ0n) is 6.96. The van der Waals surface area contributed by atoms with Crippen LogP contribution in [0, 0.1) is 0 Å². The molecule has 0 bridgehead atoms. The van der Waals surface area contributed by atoms with Gasteiger partial charge in [0.05, 0.1) is 13.3 Å². The Hall–Kier alpha value is -1.36. The van der Waals surface area contributed by atoms with E-state index < -0.39 is 5.97 Å². The number of nitrogens with one attached hydrogen (secondary N) is 1. The standard InChI is InChI=1S/C7H10N2O3/c1-11-4-6-8-3-5(9-6)7(10)12-2/h3H,4H2,1-2H3,(H,8,9). The number of imidazole rings is 1. The summed E-state index contributed by atoms with van der Waals surface area (Å²) in [6.45, 7) is 0.358. The molecule has 0 radical (unpaired) electrons. The van der Waals surface area contributed by atoms with E-state index in [-0.39, 0.29) is 0 Å². The number of esters is 1. The molecule has 1 aromatic rings. The second-order valence-electron chi connectivity index (χ2n) is 2.17. The van der Waals surface area contributed by atoms with Crippen molar-refractivity contribution in [2.24, 2.45) is 0 Å². The minimum absolute atomic E-state index is 0.338. The van der Waals surface area contributed by atoms with Gasteiger partial charge in [-0.05, 0) is 0 Å². The first-order valence-electron chi connectivity index (χ1n) is 3.39.